The first-order chi connectivity index (χ1) is 12.4. The van der Waals surface area contributed by atoms with Crippen molar-refractivity contribution in [3.8, 4) is 5.88 Å². The van der Waals surface area contributed by atoms with Crippen LogP contribution < -0.4 is 4.74 Å². The zero-order valence-corrected chi connectivity index (χ0v) is 17.6. The number of pyridine rings is 1. The van der Waals surface area contributed by atoms with E-state index < -0.39 is 17.9 Å². The summed E-state index contributed by atoms with van der Waals surface area (Å²) in [6.45, 7) is 11.3. The van der Waals surface area contributed by atoms with E-state index in [0.717, 1.165) is 5.56 Å². The summed E-state index contributed by atoms with van der Waals surface area (Å²) < 4.78 is 21.4. The predicted octanol–water partition coefficient (Wildman–Crippen LogP) is 3.72. The number of nitrogens with zero attached hydrogens (tertiary/aromatic N) is 2. The number of esters is 1. The Morgan fingerprint density at radius 3 is 2.19 bits per heavy atom. The second kappa shape index (κ2) is 9.80. The largest absolute Gasteiger partial charge is 0.472 e. The van der Waals surface area contributed by atoms with Gasteiger partial charge in [-0.1, -0.05) is 0 Å². The molecule has 0 saturated heterocycles. The summed E-state index contributed by atoms with van der Waals surface area (Å²) >= 11 is 0. The highest BCUT2D eigenvalue weighted by atomic mass is 16.7. The van der Waals surface area contributed by atoms with Crippen molar-refractivity contribution in [2.45, 2.75) is 71.5 Å². The number of hydrogen-bond acceptors (Lipinski definition) is 7. The molecule has 0 aliphatic carbocycles. The lowest BCUT2D eigenvalue weighted by molar-refractivity contribution is -0.155. The van der Waals surface area contributed by atoms with Gasteiger partial charge in [-0.2, -0.15) is 0 Å². The molecule has 1 atom stereocenters. The molecule has 0 aliphatic heterocycles. The first-order valence-electron chi connectivity index (χ1n) is 8.89. The van der Waals surface area contributed by atoms with Crippen LogP contribution >= 0.6 is 0 Å². The van der Waals surface area contributed by atoms with Gasteiger partial charge in [0.25, 0.3) is 0 Å². The minimum Gasteiger partial charge on any atom is -0.472 e. The maximum atomic E-state index is 12.3. The molecule has 7 nitrogen and oxygen atoms in total. The molecule has 0 saturated carbocycles. The van der Waals surface area contributed by atoms with E-state index in [9.17, 15) is 4.79 Å². The lowest BCUT2D eigenvalue weighted by Crippen LogP contribution is -2.25. The Morgan fingerprint density at radius 1 is 1.11 bits per heavy atom. The van der Waals surface area contributed by atoms with Gasteiger partial charge in [-0.05, 0) is 53.2 Å². The quantitative estimate of drug-likeness (QED) is 0.388. The highest BCUT2D eigenvalue weighted by Gasteiger charge is 2.22. The number of aliphatic imine (C=N–C) groups is 1. The lowest BCUT2D eigenvalue weighted by atomic mass is 10.1. The van der Waals surface area contributed by atoms with Gasteiger partial charge in [0.1, 0.15) is 11.2 Å². The van der Waals surface area contributed by atoms with E-state index >= 15 is 0 Å². The molecule has 1 aromatic heterocycles. The third-order valence-corrected chi connectivity index (χ3v) is 3.19. The molecule has 1 aromatic rings. The van der Waals surface area contributed by atoms with Crippen molar-refractivity contribution in [1.29, 1.82) is 0 Å². The van der Waals surface area contributed by atoms with Gasteiger partial charge < -0.3 is 18.9 Å². The molecule has 27 heavy (non-hydrogen) atoms. The van der Waals surface area contributed by atoms with Crippen molar-refractivity contribution >= 4 is 12.2 Å². The van der Waals surface area contributed by atoms with E-state index in [1.807, 2.05) is 47.6 Å². The average molecular weight is 380 g/mol. The molecule has 0 fully saturated rings. The van der Waals surface area contributed by atoms with Gasteiger partial charge in [-0.15, -0.1) is 0 Å². The van der Waals surface area contributed by atoms with Crippen LogP contribution in [0, 0.1) is 0 Å². The molecule has 0 bridgehead atoms. The lowest BCUT2D eigenvalue weighted by Gasteiger charge is -2.22. The molecule has 0 amide bonds. The number of aromatic nitrogens is 1. The zero-order chi connectivity index (χ0) is 20.7. The SMILES string of the molecule is COC(/C=N/[C@@H](CC(=O)OC(C)(C)C)c1ccc(OC(C)(C)C)nc1)OC. The molecule has 7 heteroatoms. The summed E-state index contributed by atoms with van der Waals surface area (Å²) in [5.74, 6) is 0.170. The molecule has 1 rings (SSSR count). The smallest absolute Gasteiger partial charge is 0.308 e. The molecule has 1 heterocycles. The normalized spacial score (nSPS) is 13.8. The summed E-state index contributed by atoms with van der Waals surface area (Å²) in [4.78, 5) is 21.1. The van der Waals surface area contributed by atoms with Crippen LogP contribution in [0.15, 0.2) is 23.3 Å². The van der Waals surface area contributed by atoms with Gasteiger partial charge in [0.05, 0.1) is 18.7 Å². The number of methoxy groups -OCH3 is 2. The second-order valence-corrected chi connectivity index (χ2v) is 8.09. The Labute approximate surface area is 162 Å². The van der Waals surface area contributed by atoms with E-state index in [1.165, 1.54) is 20.4 Å². The number of rotatable bonds is 8. The Bertz CT molecular complexity index is 611. The summed E-state index contributed by atoms with van der Waals surface area (Å²) in [7, 11) is 3.03. The molecule has 152 valence electrons. The first kappa shape index (κ1) is 23.0. The van der Waals surface area contributed by atoms with Crippen LogP contribution in [0.2, 0.25) is 0 Å². The van der Waals surface area contributed by atoms with Gasteiger partial charge in [-0.25, -0.2) is 4.98 Å². The summed E-state index contributed by atoms with van der Waals surface area (Å²) in [6.07, 6.45) is 2.66. The maximum Gasteiger partial charge on any atom is 0.308 e. The van der Waals surface area contributed by atoms with Crippen LogP contribution in [-0.4, -0.2) is 48.9 Å². The van der Waals surface area contributed by atoms with Crippen LogP contribution in [0.4, 0.5) is 0 Å². The summed E-state index contributed by atoms with van der Waals surface area (Å²) in [5.41, 5.74) is -0.133. The van der Waals surface area contributed by atoms with Crippen molar-refractivity contribution in [2.75, 3.05) is 14.2 Å². The third-order valence-electron chi connectivity index (χ3n) is 3.19. The van der Waals surface area contributed by atoms with Crippen molar-refractivity contribution in [1.82, 2.24) is 4.98 Å². The van der Waals surface area contributed by atoms with Crippen molar-refractivity contribution in [2.24, 2.45) is 4.99 Å². The number of hydrogen-bond donors (Lipinski definition) is 0. The fraction of sp³-hybridized carbons (Fsp3) is 0.650. The fourth-order valence-electron chi connectivity index (χ4n) is 2.15. The summed E-state index contributed by atoms with van der Waals surface area (Å²) in [5, 5.41) is 0. The van der Waals surface area contributed by atoms with E-state index in [-0.39, 0.29) is 18.0 Å². The highest BCUT2D eigenvalue weighted by Crippen LogP contribution is 2.25. The van der Waals surface area contributed by atoms with Gasteiger partial charge in [0.15, 0.2) is 6.29 Å². The Morgan fingerprint density at radius 2 is 1.74 bits per heavy atom. The van der Waals surface area contributed by atoms with Crippen LogP contribution in [-0.2, 0) is 19.0 Å². The molecule has 0 unspecified atom stereocenters. The van der Waals surface area contributed by atoms with Crippen molar-refractivity contribution in [3.63, 3.8) is 0 Å². The van der Waals surface area contributed by atoms with E-state index in [4.69, 9.17) is 18.9 Å². The second-order valence-electron chi connectivity index (χ2n) is 8.09. The number of ether oxygens (including phenoxy) is 4. The van der Waals surface area contributed by atoms with Gasteiger partial charge >= 0.3 is 5.97 Å². The molecule has 0 radical (unpaired) electrons. The Kier molecular flexibility index (Phi) is 8.37. The van der Waals surface area contributed by atoms with Gasteiger partial charge in [0, 0.05) is 26.5 Å². The standard InChI is InChI=1S/C20H32N2O5/c1-19(2,3)26-16-10-9-14(12-22-16)15(21-13-18(24-7)25-8)11-17(23)27-20(4,5)6/h9-10,12-13,15,18H,11H2,1-8H3/b21-13+/t15-/m0/s1. The number of carbonyl (C=O) groups is 1. The molecular formula is C20H32N2O5. The van der Waals surface area contributed by atoms with Crippen LogP contribution in [0.3, 0.4) is 0 Å². The third kappa shape index (κ3) is 9.49. The fourth-order valence-corrected chi connectivity index (χ4v) is 2.15. The van der Waals surface area contributed by atoms with Gasteiger partial charge in [0.2, 0.25) is 5.88 Å². The van der Waals surface area contributed by atoms with Crippen LogP contribution in [0.25, 0.3) is 0 Å². The zero-order valence-electron chi connectivity index (χ0n) is 17.6. The Balaban J connectivity index is 3.00. The molecule has 0 N–H and O–H groups in total. The molecule has 0 spiro atoms. The number of carbonyl (C=O) groups excluding carboxylic acids is 1. The minimum atomic E-state index is -0.595. The van der Waals surface area contributed by atoms with E-state index in [0.29, 0.717) is 5.88 Å². The highest BCUT2D eigenvalue weighted by molar-refractivity contribution is 5.71. The van der Waals surface area contributed by atoms with Crippen molar-refractivity contribution in [3.05, 3.63) is 23.9 Å². The first-order valence-corrected chi connectivity index (χ1v) is 8.89. The molecule has 0 aromatic carbocycles. The monoisotopic (exact) mass is 380 g/mol. The Hall–Kier alpha value is -1.99. The maximum absolute atomic E-state index is 12.3. The van der Waals surface area contributed by atoms with Crippen LogP contribution in [0.5, 0.6) is 5.88 Å². The van der Waals surface area contributed by atoms with E-state index in [1.54, 1.807) is 12.3 Å². The summed E-state index contributed by atoms with van der Waals surface area (Å²) in [6, 6.07) is 3.14. The average Bonchev–Trinajstić information content (AvgIpc) is 2.52. The van der Waals surface area contributed by atoms with E-state index in [2.05, 4.69) is 9.98 Å². The van der Waals surface area contributed by atoms with Crippen molar-refractivity contribution < 1.29 is 23.7 Å². The molecular weight excluding hydrogens is 348 g/mol. The van der Waals surface area contributed by atoms with Crippen LogP contribution in [0.1, 0.15) is 59.6 Å². The topological polar surface area (TPSA) is 79.2 Å². The predicted molar refractivity (Wildman–Crippen MR) is 104 cm³/mol. The van der Waals surface area contributed by atoms with Gasteiger partial charge in [-0.3, -0.25) is 9.79 Å². The molecule has 0 aliphatic rings. The minimum absolute atomic E-state index is 0.0784.